The lowest BCUT2D eigenvalue weighted by Crippen LogP contribution is -2.46. The van der Waals surface area contributed by atoms with Crippen molar-refractivity contribution in [3.05, 3.63) is 34.6 Å². The lowest BCUT2D eigenvalue weighted by atomic mass is 10.2. The van der Waals surface area contributed by atoms with Gasteiger partial charge in [-0.1, -0.05) is 19.1 Å². The van der Waals surface area contributed by atoms with Gasteiger partial charge in [0, 0.05) is 36.3 Å². The van der Waals surface area contributed by atoms with E-state index in [2.05, 4.69) is 52.5 Å². The van der Waals surface area contributed by atoms with Crippen molar-refractivity contribution in [1.29, 1.82) is 0 Å². The molecule has 1 aromatic heterocycles. The highest BCUT2D eigenvalue weighted by Crippen LogP contribution is 2.30. The molecule has 3 heterocycles. The molecule has 3 rings (SSSR count). The van der Waals surface area contributed by atoms with E-state index in [1.54, 1.807) is 0 Å². The third-order valence-corrected chi connectivity index (χ3v) is 6.19. The summed E-state index contributed by atoms with van der Waals surface area (Å²) in [5.41, 5.74) is 0. The van der Waals surface area contributed by atoms with Crippen molar-refractivity contribution >= 4 is 34.2 Å². The summed E-state index contributed by atoms with van der Waals surface area (Å²) >= 11 is 3.85. The van der Waals surface area contributed by atoms with Gasteiger partial charge in [0.25, 0.3) is 0 Å². The van der Waals surface area contributed by atoms with Crippen molar-refractivity contribution in [2.75, 3.05) is 37.6 Å². The van der Waals surface area contributed by atoms with Crippen LogP contribution in [0.25, 0.3) is 6.08 Å². The van der Waals surface area contributed by atoms with Gasteiger partial charge in [-0.2, -0.15) is 0 Å². The molecule has 114 valence electrons. The third kappa shape index (κ3) is 4.15. The Labute approximate surface area is 136 Å². The lowest BCUT2D eigenvalue weighted by Gasteiger charge is -2.35. The van der Waals surface area contributed by atoms with E-state index in [0.717, 1.165) is 0 Å². The average molecular weight is 321 g/mol. The number of rotatable bonds is 5. The van der Waals surface area contributed by atoms with E-state index < -0.39 is 0 Å². The van der Waals surface area contributed by atoms with Crippen LogP contribution in [0.2, 0.25) is 0 Å². The fourth-order valence-corrected chi connectivity index (χ4v) is 4.63. The first-order chi connectivity index (χ1) is 10.3. The topological polar surface area (TPSA) is 6.48 Å². The molecule has 21 heavy (non-hydrogen) atoms. The van der Waals surface area contributed by atoms with E-state index in [0.29, 0.717) is 5.25 Å². The van der Waals surface area contributed by atoms with Crippen molar-refractivity contribution in [3.63, 3.8) is 0 Å². The first-order valence-electron chi connectivity index (χ1n) is 7.91. The molecular formula is C17H24N2S2. The summed E-state index contributed by atoms with van der Waals surface area (Å²) in [6.45, 7) is 8.28. The van der Waals surface area contributed by atoms with Crippen molar-refractivity contribution in [2.45, 2.75) is 25.0 Å². The average Bonchev–Trinajstić information content (AvgIpc) is 3.18. The number of thiophene rings is 1. The Kier molecular flexibility index (Phi) is 5.44. The molecule has 0 aliphatic carbocycles. The molecule has 2 nitrogen and oxygen atoms in total. The summed E-state index contributed by atoms with van der Waals surface area (Å²) in [4.78, 5) is 6.50. The third-order valence-electron chi connectivity index (χ3n) is 4.03. The Bertz CT molecular complexity index is 491. The molecule has 1 aromatic rings. The van der Waals surface area contributed by atoms with Crippen molar-refractivity contribution in [2.24, 2.45) is 0 Å². The number of hydrogen-bond donors (Lipinski definition) is 0. The fourth-order valence-electron chi connectivity index (χ4n) is 2.84. The Balaban J connectivity index is 1.53. The van der Waals surface area contributed by atoms with Crippen LogP contribution >= 0.6 is 23.1 Å². The Morgan fingerprint density at radius 2 is 2.10 bits per heavy atom. The van der Waals surface area contributed by atoms with Crippen LogP contribution in [0, 0.1) is 0 Å². The lowest BCUT2D eigenvalue weighted by molar-refractivity contribution is 0.259. The van der Waals surface area contributed by atoms with Crippen molar-refractivity contribution in [3.8, 4) is 0 Å². The second kappa shape index (κ2) is 7.52. The smallest absolute Gasteiger partial charge is 0.0915 e. The van der Waals surface area contributed by atoms with Crippen LogP contribution < -0.4 is 4.90 Å². The summed E-state index contributed by atoms with van der Waals surface area (Å²) in [7, 11) is 0. The van der Waals surface area contributed by atoms with Crippen LogP contribution in [0.5, 0.6) is 0 Å². The maximum absolute atomic E-state index is 2.58. The summed E-state index contributed by atoms with van der Waals surface area (Å²) in [6, 6.07) is 4.56. The van der Waals surface area contributed by atoms with Gasteiger partial charge in [-0.05, 0) is 43.0 Å². The standard InChI is InChI=1S/C17H24N2S2/c1-2-9-18-10-12-19(13-11-18)17-8-7-16(21-17)6-5-15-4-3-14-20-15/h3,5-8,14-15H,2,4,9-13H2,1H3/b6-5+. The van der Waals surface area contributed by atoms with Gasteiger partial charge < -0.3 is 4.90 Å². The monoisotopic (exact) mass is 320 g/mol. The van der Waals surface area contributed by atoms with Gasteiger partial charge in [-0.25, -0.2) is 0 Å². The molecule has 1 fully saturated rings. The van der Waals surface area contributed by atoms with Gasteiger partial charge in [0.15, 0.2) is 0 Å². The van der Waals surface area contributed by atoms with Gasteiger partial charge in [0.1, 0.15) is 0 Å². The van der Waals surface area contributed by atoms with Gasteiger partial charge in [-0.3, -0.25) is 4.90 Å². The van der Waals surface area contributed by atoms with E-state index in [4.69, 9.17) is 0 Å². The number of anilines is 1. The molecule has 0 radical (unpaired) electrons. The van der Waals surface area contributed by atoms with Gasteiger partial charge >= 0.3 is 0 Å². The zero-order valence-electron chi connectivity index (χ0n) is 12.7. The SMILES string of the molecule is CCCN1CCN(c2ccc(/C=C/C3CC=CS3)s2)CC1. The Hall–Kier alpha value is -0.710. The van der Waals surface area contributed by atoms with Crippen LogP contribution in [0.3, 0.4) is 0 Å². The normalized spacial score (nSPS) is 23.5. The minimum atomic E-state index is 0.646. The second-order valence-corrected chi connectivity index (χ2v) is 7.89. The van der Waals surface area contributed by atoms with Crippen LogP contribution in [0.15, 0.2) is 29.7 Å². The number of thioether (sulfide) groups is 1. The highest BCUT2D eigenvalue weighted by molar-refractivity contribution is 8.03. The van der Waals surface area contributed by atoms with Crippen LogP contribution in [-0.4, -0.2) is 42.9 Å². The maximum Gasteiger partial charge on any atom is 0.0915 e. The molecular weight excluding hydrogens is 296 g/mol. The van der Waals surface area contributed by atoms with Crippen LogP contribution in [0.4, 0.5) is 5.00 Å². The number of nitrogens with zero attached hydrogens (tertiary/aromatic N) is 2. The predicted molar refractivity (Wildman–Crippen MR) is 97.4 cm³/mol. The van der Waals surface area contributed by atoms with Gasteiger partial charge in [-0.15, -0.1) is 23.1 Å². The molecule has 0 amide bonds. The molecule has 1 saturated heterocycles. The molecule has 2 aliphatic rings. The maximum atomic E-state index is 2.58. The molecule has 0 aromatic carbocycles. The fraction of sp³-hybridized carbons (Fsp3) is 0.529. The Morgan fingerprint density at radius 3 is 2.81 bits per heavy atom. The van der Waals surface area contributed by atoms with Crippen LogP contribution in [-0.2, 0) is 0 Å². The van der Waals surface area contributed by atoms with Gasteiger partial charge in [0.2, 0.25) is 0 Å². The summed E-state index contributed by atoms with van der Waals surface area (Å²) < 4.78 is 0. The Morgan fingerprint density at radius 1 is 1.24 bits per heavy atom. The summed E-state index contributed by atoms with van der Waals surface area (Å²) in [5.74, 6) is 0. The number of allylic oxidation sites excluding steroid dienone is 1. The molecule has 4 heteroatoms. The quantitative estimate of drug-likeness (QED) is 0.798. The molecule has 0 bridgehead atoms. The zero-order valence-corrected chi connectivity index (χ0v) is 14.3. The number of piperazine rings is 1. The highest BCUT2D eigenvalue weighted by atomic mass is 32.2. The molecule has 0 N–H and O–H groups in total. The van der Waals surface area contributed by atoms with E-state index in [9.17, 15) is 0 Å². The van der Waals surface area contributed by atoms with E-state index in [1.807, 2.05) is 23.1 Å². The second-order valence-electron chi connectivity index (χ2n) is 5.65. The molecule has 0 spiro atoms. The van der Waals surface area contributed by atoms with Crippen molar-refractivity contribution < 1.29 is 0 Å². The molecule has 0 saturated carbocycles. The summed E-state index contributed by atoms with van der Waals surface area (Å²) in [5, 5.41) is 4.29. The first-order valence-corrected chi connectivity index (χ1v) is 9.67. The molecule has 1 unspecified atom stereocenters. The van der Waals surface area contributed by atoms with E-state index in [-0.39, 0.29) is 0 Å². The van der Waals surface area contributed by atoms with Crippen LogP contribution in [0.1, 0.15) is 24.6 Å². The molecule has 1 atom stereocenters. The van der Waals surface area contributed by atoms with E-state index in [1.165, 1.54) is 55.4 Å². The minimum absolute atomic E-state index is 0.646. The highest BCUT2D eigenvalue weighted by Gasteiger charge is 2.17. The van der Waals surface area contributed by atoms with Gasteiger partial charge in [0.05, 0.1) is 5.00 Å². The predicted octanol–water partition coefficient (Wildman–Crippen LogP) is 4.31. The van der Waals surface area contributed by atoms with Crippen molar-refractivity contribution in [1.82, 2.24) is 4.90 Å². The minimum Gasteiger partial charge on any atom is -0.361 e. The van der Waals surface area contributed by atoms with E-state index >= 15 is 0 Å². The first kappa shape index (κ1) is 15.2. The largest absolute Gasteiger partial charge is 0.361 e. The number of hydrogen-bond acceptors (Lipinski definition) is 4. The summed E-state index contributed by atoms with van der Waals surface area (Å²) in [6.07, 6.45) is 9.35. The molecule has 2 aliphatic heterocycles. The zero-order chi connectivity index (χ0) is 14.5.